The lowest BCUT2D eigenvalue weighted by atomic mass is 10.3. The van der Waals surface area contributed by atoms with E-state index in [1.54, 1.807) is 25.2 Å². The zero-order valence-corrected chi connectivity index (χ0v) is 11.0. The van der Waals surface area contributed by atoms with Crippen molar-refractivity contribution in [1.29, 1.82) is 0 Å². The van der Waals surface area contributed by atoms with Gasteiger partial charge in [-0.2, -0.15) is 4.31 Å². The number of rotatable bonds is 5. The van der Waals surface area contributed by atoms with E-state index < -0.39 is 10.0 Å². The van der Waals surface area contributed by atoms with Gasteiger partial charge < -0.3 is 5.32 Å². The molecule has 0 aliphatic heterocycles. The second-order valence-corrected chi connectivity index (χ2v) is 6.24. The SMILES string of the molecule is CCNc1ccccc1S(=O)(=O)N(C)C1CC1. The molecule has 17 heavy (non-hydrogen) atoms. The van der Waals surface area contributed by atoms with Gasteiger partial charge in [-0.05, 0) is 31.9 Å². The van der Waals surface area contributed by atoms with Gasteiger partial charge in [0, 0.05) is 19.6 Å². The smallest absolute Gasteiger partial charge is 0.245 e. The number of anilines is 1. The van der Waals surface area contributed by atoms with E-state index in [4.69, 9.17) is 0 Å². The number of sulfonamides is 1. The number of nitrogens with zero attached hydrogens (tertiary/aromatic N) is 1. The minimum absolute atomic E-state index is 0.190. The largest absolute Gasteiger partial charge is 0.384 e. The van der Waals surface area contributed by atoms with E-state index in [1.807, 2.05) is 13.0 Å². The van der Waals surface area contributed by atoms with E-state index in [9.17, 15) is 8.42 Å². The number of nitrogens with one attached hydrogen (secondary N) is 1. The maximum atomic E-state index is 12.4. The molecular formula is C12H18N2O2S. The van der Waals surface area contributed by atoms with Crippen LogP contribution in [0.1, 0.15) is 19.8 Å². The summed E-state index contributed by atoms with van der Waals surface area (Å²) >= 11 is 0. The zero-order chi connectivity index (χ0) is 12.5. The fourth-order valence-corrected chi connectivity index (χ4v) is 3.40. The molecule has 5 heteroatoms. The van der Waals surface area contributed by atoms with Crippen molar-refractivity contribution in [2.45, 2.75) is 30.7 Å². The van der Waals surface area contributed by atoms with Crippen LogP contribution in [-0.2, 0) is 10.0 Å². The van der Waals surface area contributed by atoms with E-state index in [-0.39, 0.29) is 6.04 Å². The summed E-state index contributed by atoms with van der Waals surface area (Å²) in [4.78, 5) is 0.372. The van der Waals surface area contributed by atoms with Crippen molar-refractivity contribution in [2.24, 2.45) is 0 Å². The van der Waals surface area contributed by atoms with Crippen molar-refractivity contribution in [3.05, 3.63) is 24.3 Å². The van der Waals surface area contributed by atoms with Crippen LogP contribution in [0.2, 0.25) is 0 Å². The Morgan fingerprint density at radius 2 is 2.00 bits per heavy atom. The summed E-state index contributed by atoms with van der Waals surface area (Å²) < 4.78 is 26.3. The van der Waals surface area contributed by atoms with Crippen molar-refractivity contribution < 1.29 is 8.42 Å². The summed E-state index contributed by atoms with van der Waals surface area (Å²) in [5.41, 5.74) is 0.683. The van der Waals surface area contributed by atoms with Crippen molar-refractivity contribution in [3.8, 4) is 0 Å². The van der Waals surface area contributed by atoms with Crippen LogP contribution in [-0.4, -0.2) is 32.4 Å². The van der Waals surface area contributed by atoms with Crippen LogP contribution in [0.25, 0.3) is 0 Å². The van der Waals surface area contributed by atoms with Crippen LogP contribution in [0.15, 0.2) is 29.2 Å². The van der Waals surface area contributed by atoms with E-state index in [2.05, 4.69) is 5.32 Å². The second kappa shape index (κ2) is 4.66. The highest BCUT2D eigenvalue weighted by Crippen LogP contribution is 2.32. The molecule has 0 radical (unpaired) electrons. The highest BCUT2D eigenvalue weighted by atomic mass is 32.2. The van der Waals surface area contributed by atoms with E-state index in [0.717, 1.165) is 12.8 Å². The van der Waals surface area contributed by atoms with Crippen molar-refractivity contribution in [1.82, 2.24) is 4.31 Å². The average Bonchev–Trinajstić information content (AvgIpc) is 3.13. The molecule has 1 aromatic rings. The van der Waals surface area contributed by atoms with Gasteiger partial charge in [-0.25, -0.2) is 8.42 Å². The summed E-state index contributed by atoms with van der Waals surface area (Å²) in [6.45, 7) is 2.66. The van der Waals surface area contributed by atoms with Crippen molar-refractivity contribution in [2.75, 3.05) is 18.9 Å². The summed E-state index contributed by atoms with van der Waals surface area (Å²) in [6.07, 6.45) is 1.94. The van der Waals surface area contributed by atoms with Crippen LogP contribution in [0, 0.1) is 0 Å². The van der Waals surface area contributed by atoms with Crippen molar-refractivity contribution in [3.63, 3.8) is 0 Å². The Kier molecular flexibility index (Phi) is 3.40. The molecule has 2 rings (SSSR count). The molecule has 4 nitrogen and oxygen atoms in total. The highest BCUT2D eigenvalue weighted by Gasteiger charge is 2.35. The Morgan fingerprint density at radius 3 is 2.59 bits per heavy atom. The first kappa shape index (κ1) is 12.4. The number of hydrogen-bond acceptors (Lipinski definition) is 3. The maximum Gasteiger partial charge on any atom is 0.245 e. The van der Waals surface area contributed by atoms with Gasteiger partial charge in [0.05, 0.1) is 5.69 Å². The van der Waals surface area contributed by atoms with Crippen LogP contribution in [0.3, 0.4) is 0 Å². The van der Waals surface area contributed by atoms with Gasteiger partial charge in [0.1, 0.15) is 4.90 Å². The Hall–Kier alpha value is -1.07. The molecule has 0 bridgehead atoms. The molecule has 1 aromatic carbocycles. The molecular weight excluding hydrogens is 236 g/mol. The first-order valence-electron chi connectivity index (χ1n) is 5.88. The minimum atomic E-state index is -3.36. The van der Waals surface area contributed by atoms with Gasteiger partial charge in [0.15, 0.2) is 0 Å². The maximum absolute atomic E-state index is 12.4. The summed E-state index contributed by atoms with van der Waals surface area (Å²) in [7, 11) is -1.70. The van der Waals surface area contributed by atoms with Gasteiger partial charge >= 0.3 is 0 Å². The standard InChI is InChI=1S/C12H18N2O2S/c1-3-13-11-6-4-5-7-12(11)17(15,16)14(2)10-8-9-10/h4-7,10,13H,3,8-9H2,1-2H3. The van der Waals surface area contributed by atoms with E-state index >= 15 is 0 Å². The number of benzene rings is 1. The molecule has 0 spiro atoms. The predicted octanol–water partition coefficient (Wildman–Crippen LogP) is 1.90. The molecule has 0 aromatic heterocycles. The molecule has 0 heterocycles. The molecule has 0 unspecified atom stereocenters. The third-order valence-corrected chi connectivity index (χ3v) is 4.94. The normalized spacial score (nSPS) is 16.2. The highest BCUT2D eigenvalue weighted by molar-refractivity contribution is 7.89. The van der Waals surface area contributed by atoms with Gasteiger partial charge in [-0.15, -0.1) is 0 Å². The van der Waals surface area contributed by atoms with E-state index in [1.165, 1.54) is 4.31 Å². The number of hydrogen-bond donors (Lipinski definition) is 1. The fraction of sp³-hybridized carbons (Fsp3) is 0.500. The molecule has 1 N–H and O–H groups in total. The Balaban J connectivity index is 2.37. The lowest BCUT2D eigenvalue weighted by molar-refractivity contribution is 0.464. The Labute approximate surface area is 103 Å². The summed E-state index contributed by atoms with van der Waals surface area (Å²) in [5, 5.41) is 3.09. The topological polar surface area (TPSA) is 49.4 Å². The molecule has 0 atom stereocenters. The zero-order valence-electron chi connectivity index (χ0n) is 10.2. The third-order valence-electron chi connectivity index (χ3n) is 2.97. The van der Waals surface area contributed by atoms with Crippen LogP contribution in [0.4, 0.5) is 5.69 Å². The molecule has 1 fully saturated rings. The summed E-state index contributed by atoms with van der Waals surface area (Å²) in [6, 6.07) is 7.25. The Morgan fingerprint density at radius 1 is 1.35 bits per heavy atom. The third kappa shape index (κ3) is 2.45. The fourth-order valence-electron chi connectivity index (χ4n) is 1.82. The lowest BCUT2D eigenvalue weighted by Gasteiger charge is -2.19. The minimum Gasteiger partial charge on any atom is -0.384 e. The van der Waals surface area contributed by atoms with Crippen LogP contribution in [0.5, 0.6) is 0 Å². The molecule has 1 saturated carbocycles. The van der Waals surface area contributed by atoms with Gasteiger partial charge in [-0.1, -0.05) is 12.1 Å². The summed E-state index contributed by atoms with van der Waals surface area (Å²) in [5.74, 6) is 0. The average molecular weight is 254 g/mol. The first-order valence-corrected chi connectivity index (χ1v) is 7.32. The second-order valence-electron chi connectivity index (χ2n) is 4.28. The molecule has 1 aliphatic rings. The lowest BCUT2D eigenvalue weighted by Crippen LogP contribution is -2.29. The van der Waals surface area contributed by atoms with E-state index in [0.29, 0.717) is 17.1 Å². The number of para-hydroxylation sites is 1. The molecule has 1 aliphatic carbocycles. The monoisotopic (exact) mass is 254 g/mol. The molecule has 94 valence electrons. The Bertz CT molecular complexity index is 495. The van der Waals surface area contributed by atoms with Crippen molar-refractivity contribution >= 4 is 15.7 Å². The first-order chi connectivity index (χ1) is 8.07. The van der Waals surface area contributed by atoms with Crippen LogP contribution >= 0.6 is 0 Å². The quantitative estimate of drug-likeness (QED) is 0.873. The van der Waals surface area contributed by atoms with Gasteiger partial charge in [-0.3, -0.25) is 0 Å². The van der Waals surface area contributed by atoms with Gasteiger partial charge in [0.2, 0.25) is 10.0 Å². The molecule has 0 amide bonds. The molecule has 0 saturated heterocycles. The van der Waals surface area contributed by atoms with Crippen LogP contribution < -0.4 is 5.32 Å². The van der Waals surface area contributed by atoms with Gasteiger partial charge in [0.25, 0.3) is 0 Å². The predicted molar refractivity (Wildman–Crippen MR) is 68.6 cm³/mol.